The molecule has 4 aromatic heterocycles. The van der Waals surface area contributed by atoms with Crippen molar-refractivity contribution in [3.8, 4) is 56.4 Å². The average Bonchev–Trinajstić information content (AvgIpc) is 3.98. The molecule has 12 aromatic rings. The van der Waals surface area contributed by atoms with Crippen LogP contribution < -0.4 is 0 Å². The molecule has 266 valence electrons. The van der Waals surface area contributed by atoms with Gasteiger partial charge in [-0.25, -0.2) is 15.0 Å². The predicted octanol–water partition coefficient (Wildman–Crippen LogP) is 15.3. The molecule has 12 rings (SSSR count). The van der Waals surface area contributed by atoms with E-state index in [1.165, 1.54) is 82.8 Å². The Hall–Kier alpha value is -6.57. The van der Waals surface area contributed by atoms with Crippen LogP contribution in [0.25, 0.3) is 117 Å². The second-order valence-corrected chi connectivity index (χ2v) is 17.4. The van der Waals surface area contributed by atoms with Crippen molar-refractivity contribution in [1.82, 2.24) is 15.0 Å². The minimum atomic E-state index is 0.663. The fraction of sp³-hybridized carbons (Fsp3) is 0. The van der Waals surface area contributed by atoms with Crippen molar-refractivity contribution in [1.29, 1.82) is 0 Å². The molecule has 0 radical (unpaired) electrons. The van der Waals surface area contributed by atoms with E-state index in [1.54, 1.807) is 0 Å². The number of hydrogen-bond acceptors (Lipinski definition) is 6. The molecule has 0 unspecified atom stereocenters. The number of aromatic nitrogens is 3. The monoisotopic (exact) mass is 779 g/mol. The van der Waals surface area contributed by atoms with Crippen LogP contribution >= 0.6 is 34.0 Å². The lowest BCUT2D eigenvalue weighted by Crippen LogP contribution is -2.00. The number of hydrogen-bond donors (Lipinski definition) is 0. The van der Waals surface area contributed by atoms with Gasteiger partial charge in [-0.3, -0.25) is 0 Å². The minimum absolute atomic E-state index is 0.663. The van der Waals surface area contributed by atoms with Gasteiger partial charge < -0.3 is 0 Å². The number of fused-ring (bicyclic) bond motifs is 9. The number of nitrogens with zero attached hydrogens (tertiary/aromatic N) is 3. The normalized spacial score (nSPS) is 11.9. The molecule has 0 fully saturated rings. The summed E-state index contributed by atoms with van der Waals surface area (Å²) < 4.78 is 7.69. The highest BCUT2D eigenvalue weighted by molar-refractivity contribution is 7.27. The summed E-state index contributed by atoms with van der Waals surface area (Å²) in [6.45, 7) is 0. The molecule has 8 aromatic carbocycles. The third-order valence-electron chi connectivity index (χ3n) is 11.0. The Labute approximate surface area is 339 Å². The molecule has 0 spiro atoms. The third kappa shape index (κ3) is 5.19. The molecule has 57 heavy (non-hydrogen) atoms. The van der Waals surface area contributed by atoms with Crippen LogP contribution in [0.1, 0.15) is 0 Å². The molecule has 0 aliphatic heterocycles. The summed E-state index contributed by atoms with van der Waals surface area (Å²) in [6.07, 6.45) is 0. The van der Waals surface area contributed by atoms with Crippen LogP contribution in [-0.4, -0.2) is 15.0 Å². The molecule has 4 heterocycles. The van der Waals surface area contributed by atoms with Crippen LogP contribution in [0.3, 0.4) is 0 Å². The Balaban J connectivity index is 1.09. The number of benzene rings is 8. The smallest absolute Gasteiger partial charge is 0.165 e. The molecule has 0 atom stereocenters. The lowest BCUT2D eigenvalue weighted by Gasteiger charge is -2.12. The van der Waals surface area contributed by atoms with Crippen molar-refractivity contribution < 1.29 is 0 Å². The van der Waals surface area contributed by atoms with Crippen LogP contribution in [0.5, 0.6) is 0 Å². The van der Waals surface area contributed by atoms with E-state index in [4.69, 9.17) is 15.0 Å². The summed E-state index contributed by atoms with van der Waals surface area (Å²) in [5.74, 6) is 2.00. The van der Waals surface area contributed by atoms with Crippen molar-refractivity contribution in [2.75, 3.05) is 0 Å². The van der Waals surface area contributed by atoms with E-state index in [0.717, 1.165) is 16.7 Å². The minimum Gasteiger partial charge on any atom is -0.208 e. The summed E-state index contributed by atoms with van der Waals surface area (Å²) in [5.41, 5.74) is 8.00. The van der Waals surface area contributed by atoms with Crippen LogP contribution in [0.2, 0.25) is 0 Å². The lowest BCUT2D eigenvalue weighted by atomic mass is 9.92. The summed E-state index contributed by atoms with van der Waals surface area (Å²) in [4.78, 5) is 15.2. The van der Waals surface area contributed by atoms with E-state index in [-0.39, 0.29) is 0 Å². The fourth-order valence-corrected chi connectivity index (χ4v) is 12.1. The van der Waals surface area contributed by atoms with Gasteiger partial charge in [-0.2, -0.15) is 0 Å². The van der Waals surface area contributed by atoms with Gasteiger partial charge in [-0.1, -0.05) is 152 Å². The highest BCUT2D eigenvalue weighted by Gasteiger charge is 2.22. The standard InChI is InChI=1S/C51H29N3S3/c1-3-14-30(15-4-1)49-52-50(31-16-5-2-6-17-31)54-51(53-49)40-24-12-23-39-44-33(20-13-27-43(44)57-47(39)40)34-28-29-37(48-45(34)38-19-8-10-26-42(38)56-48)36-22-11-21-35-32-18-7-9-25-41(32)55-46(35)36/h1-29H. The van der Waals surface area contributed by atoms with Gasteiger partial charge in [-0.15, -0.1) is 34.0 Å². The molecule has 3 nitrogen and oxygen atoms in total. The van der Waals surface area contributed by atoms with Crippen LogP contribution in [0.4, 0.5) is 0 Å². The maximum absolute atomic E-state index is 5.13. The molecule has 0 amide bonds. The van der Waals surface area contributed by atoms with Gasteiger partial charge >= 0.3 is 0 Å². The van der Waals surface area contributed by atoms with E-state index >= 15 is 0 Å². The first-order valence-electron chi connectivity index (χ1n) is 18.9. The van der Waals surface area contributed by atoms with E-state index in [2.05, 4.69) is 140 Å². The van der Waals surface area contributed by atoms with Crippen LogP contribution in [-0.2, 0) is 0 Å². The lowest BCUT2D eigenvalue weighted by molar-refractivity contribution is 1.08. The van der Waals surface area contributed by atoms with Crippen molar-refractivity contribution in [2.24, 2.45) is 0 Å². The summed E-state index contributed by atoms with van der Waals surface area (Å²) in [5, 5.41) is 7.72. The summed E-state index contributed by atoms with van der Waals surface area (Å²) in [6, 6.07) is 62.9. The van der Waals surface area contributed by atoms with E-state index in [1.807, 2.05) is 70.4 Å². The first-order chi connectivity index (χ1) is 28.3. The molecular formula is C51H29N3S3. The van der Waals surface area contributed by atoms with Crippen LogP contribution in [0.15, 0.2) is 176 Å². The summed E-state index contributed by atoms with van der Waals surface area (Å²) >= 11 is 5.61. The van der Waals surface area contributed by atoms with Gasteiger partial charge in [0.05, 0.1) is 0 Å². The Bertz CT molecular complexity index is 3470. The fourth-order valence-electron chi connectivity index (χ4n) is 8.40. The van der Waals surface area contributed by atoms with E-state index in [0.29, 0.717) is 17.5 Å². The molecule has 0 bridgehead atoms. The largest absolute Gasteiger partial charge is 0.208 e. The Morgan fingerprint density at radius 2 is 0.719 bits per heavy atom. The van der Waals surface area contributed by atoms with Gasteiger partial charge in [-0.05, 0) is 35.4 Å². The molecule has 0 aliphatic carbocycles. The maximum atomic E-state index is 5.13. The Morgan fingerprint density at radius 1 is 0.263 bits per heavy atom. The molecule has 0 saturated heterocycles. The van der Waals surface area contributed by atoms with E-state index in [9.17, 15) is 0 Å². The van der Waals surface area contributed by atoms with E-state index < -0.39 is 0 Å². The molecule has 0 aliphatic rings. The second-order valence-electron chi connectivity index (χ2n) is 14.2. The molecule has 0 saturated carbocycles. The zero-order valence-corrected chi connectivity index (χ0v) is 32.8. The highest BCUT2D eigenvalue weighted by atomic mass is 32.1. The van der Waals surface area contributed by atoms with Gasteiger partial charge in [0.2, 0.25) is 0 Å². The Kier molecular flexibility index (Phi) is 7.45. The van der Waals surface area contributed by atoms with Crippen molar-refractivity contribution in [3.63, 3.8) is 0 Å². The quantitative estimate of drug-likeness (QED) is 0.175. The van der Waals surface area contributed by atoms with Crippen LogP contribution in [0, 0.1) is 0 Å². The Morgan fingerprint density at radius 3 is 1.47 bits per heavy atom. The average molecular weight is 780 g/mol. The van der Waals surface area contributed by atoms with Gasteiger partial charge in [0.15, 0.2) is 17.5 Å². The highest BCUT2D eigenvalue weighted by Crippen LogP contribution is 2.50. The van der Waals surface area contributed by atoms with Gasteiger partial charge in [0.1, 0.15) is 0 Å². The zero-order chi connectivity index (χ0) is 37.5. The molecule has 0 N–H and O–H groups in total. The second kappa shape index (κ2) is 13.0. The maximum Gasteiger partial charge on any atom is 0.165 e. The zero-order valence-electron chi connectivity index (χ0n) is 30.3. The van der Waals surface area contributed by atoms with Crippen molar-refractivity contribution >= 4 is 94.5 Å². The van der Waals surface area contributed by atoms with Crippen molar-refractivity contribution in [3.05, 3.63) is 176 Å². The SMILES string of the molecule is c1ccc(-c2nc(-c3ccccc3)nc(-c3cccc4c3sc3cccc(-c5ccc(-c6cccc7c6sc6ccccc67)c6sc7ccccc7c56)c34)n2)cc1. The van der Waals surface area contributed by atoms with Crippen molar-refractivity contribution in [2.45, 2.75) is 0 Å². The molecule has 6 heteroatoms. The van der Waals surface area contributed by atoms with Gasteiger partial charge in [0.25, 0.3) is 0 Å². The molecular weight excluding hydrogens is 751 g/mol. The topological polar surface area (TPSA) is 38.7 Å². The van der Waals surface area contributed by atoms with Gasteiger partial charge in [0, 0.05) is 88.3 Å². The predicted molar refractivity (Wildman–Crippen MR) is 246 cm³/mol. The number of thiophene rings is 3. The third-order valence-corrected chi connectivity index (χ3v) is 14.6. The first kappa shape index (κ1) is 32.7. The summed E-state index contributed by atoms with van der Waals surface area (Å²) in [7, 11) is 0. The first-order valence-corrected chi connectivity index (χ1v) is 21.4. The number of rotatable bonds is 5.